The van der Waals surface area contributed by atoms with Crippen LogP contribution < -0.4 is 112 Å². The molecular weight excluding hydrogens is 178 g/mol. The molecule has 0 amide bonds. The molecule has 0 bridgehead atoms. The largest absolute Gasteiger partial charge is 1.00 e. The van der Waals surface area contributed by atoms with E-state index in [9.17, 15) is 9.59 Å². The van der Waals surface area contributed by atoms with Crippen molar-refractivity contribution in [1.29, 1.82) is 0 Å². The Morgan fingerprint density at radius 3 is 1.00 bits per heavy atom. The summed E-state index contributed by atoms with van der Waals surface area (Å²) >= 11 is 0. The number of rotatable bonds is 0. The van der Waals surface area contributed by atoms with Crippen molar-refractivity contribution in [1.82, 2.24) is 0 Å². The summed E-state index contributed by atoms with van der Waals surface area (Å²) in [6.45, 7) is 2.43. The van der Waals surface area contributed by atoms with E-state index in [0.717, 1.165) is 0 Å². The Hall–Kier alpha value is 3.37. The van der Waals surface area contributed by atoms with E-state index in [4.69, 9.17) is 0 Å². The van der Waals surface area contributed by atoms with Crippen LogP contribution in [0.2, 0.25) is 13.1 Å². The summed E-state index contributed by atoms with van der Waals surface area (Å²) in [5.74, 6) is 0. The van der Waals surface area contributed by atoms with Gasteiger partial charge in [0.2, 0.25) is 0 Å². The standard InChI is InChI=1S/C2H6O2Si.2K.H2O/c1-5(2,3)4;;;/h1-2H3;;;1H2/q-2;2*+1;. The van der Waals surface area contributed by atoms with Crippen LogP contribution in [0, 0.1) is 0 Å². The average molecular weight is 186 g/mol. The smallest absolute Gasteiger partial charge is 0.870 e. The van der Waals surface area contributed by atoms with Gasteiger partial charge in [0.25, 0.3) is 0 Å². The minimum absolute atomic E-state index is 0. The molecule has 0 unspecified atom stereocenters. The molecule has 0 aliphatic rings. The molecule has 0 rings (SSSR count). The molecule has 0 saturated carbocycles. The third-order valence-electron chi connectivity index (χ3n) is 0. The molecule has 0 aliphatic carbocycles. The summed E-state index contributed by atoms with van der Waals surface area (Å²) < 4.78 is 0. The van der Waals surface area contributed by atoms with Crippen LogP contribution in [-0.2, 0) is 0 Å². The molecule has 0 fully saturated rings. The predicted octanol–water partition coefficient (Wildman–Crippen LogP) is -8.41. The van der Waals surface area contributed by atoms with Gasteiger partial charge in [0.1, 0.15) is 0 Å². The zero-order chi connectivity index (χ0) is 4.50. The molecule has 2 N–H and O–H groups in total. The van der Waals surface area contributed by atoms with Crippen molar-refractivity contribution in [3.63, 3.8) is 0 Å². The van der Waals surface area contributed by atoms with Gasteiger partial charge in [-0.05, 0) is 0 Å². The molecule has 0 saturated heterocycles. The van der Waals surface area contributed by atoms with Crippen LogP contribution in [0.5, 0.6) is 0 Å². The molecule has 0 radical (unpaired) electrons. The molecule has 0 aliphatic heterocycles. The van der Waals surface area contributed by atoms with Crippen LogP contribution in [0.1, 0.15) is 0 Å². The fourth-order valence-corrected chi connectivity index (χ4v) is 0. The second kappa shape index (κ2) is 10.4. The third kappa shape index (κ3) is 57.8. The van der Waals surface area contributed by atoms with Crippen molar-refractivity contribution in [2.45, 2.75) is 13.1 Å². The molecule has 0 aromatic rings. The minimum atomic E-state index is -3.11. The van der Waals surface area contributed by atoms with Gasteiger partial charge >= 0.3 is 103 Å². The first kappa shape index (κ1) is 22.5. The van der Waals surface area contributed by atoms with Gasteiger partial charge in [-0.1, -0.05) is 0 Å². The SMILES string of the molecule is C[Si](C)([O-])[O-].O.[K+].[K+]. The monoisotopic (exact) mass is 186 g/mol. The maximum absolute atomic E-state index is 9.69. The van der Waals surface area contributed by atoms with E-state index >= 15 is 0 Å². The summed E-state index contributed by atoms with van der Waals surface area (Å²) in [4.78, 5) is 19.4. The van der Waals surface area contributed by atoms with Crippen molar-refractivity contribution in [2.75, 3.05) is 0 Å². The van der Waals surface area contributed by atoms with Crippen LogP contribution in [0.15, 0.2) is 0 Å². The van der Waals surface area contributed by atoms with Gasteiger partial charge in [0, 0.05) is 0 Å². The zero-order valence-corrected chi connectivity index (χ0v) is 13.1. The van der Waals surface area contributed by atoms with Gasteiger partial charge in [-0.15, -0.1) is 13.1 Å². The van der Waals surface area contributed by atoms with E-state index in [2.05, 4.69) is 0 Å². The van der Waals surface area contributed by atoms with E-state index in [0.29, 0.717) is 0 Å². The molecule has 0 heterocycles. The Morgan fingerprint density at radius 1 is 1.00 bits per heavy atom. The van der Waals surface area contributed by atoms with Gasteiger partial charge in [0.05, 0.1) is 0 Å². The van der Waals surface area contributed by atoms with E-state index in [1.165, 1.54) is 13.1 Å². The van der Waals surface area contributed by atoms with Crippen molar-refractivity contribution in [2.24, 2.45) is 0 Å². The molecular formula is C2H8K2O3Si. The Kier molecular flexibility index (Phi) is 29.2. The normalized spacial score (nSPS) is 7.50. The van der Waals surface area contributed by atoms with Gasteiger partial charge < -0.3 is 15.1 Å². The average Bonchev–Trinajstić information content (AvgIpc) is 0.722. The summed E-state index contributed by atoms with van der Waals surface area (Å²) in [6.07, 6.45) is 0. The number of hydrogen-bond donors (Lipinski definition) is 0. The third-order valence-corrected chi connectivity index (χ3v) is 0. The van der Waals surface area contributed by atoms with Crippen LogP contribution in [0.3, 0.4) is 0 Å². The van der Waals surface area contributed by atoms with Crippen molar-refractivity contribution >= 4 is 8.56 Å². The Labute approximate surface area is 136 Å². The minimum Gasteiger partial charge on any atom is -0.870 e. The molecule has 0 atom stereocenters. The van der Waals surface area contributed by atoms with E-state index in [1.54, 1.807) is 0 Å². The van der Waals surface area contributed by atoms with Crippen LogP contribution in [0.4, 0.5) is 0 Å². The maximum Gasteiger partial charge on any atom is 1.00 e. The Morgan fingerprint density at radius 2 is 1.00 bits per heavy atom. The fourth-order valence-electron chi connectivity index (χ4n) is 0. The molecule has 40 valence electrons. The van der Waals surface area contributed by atoms with Crippen molar-refractivity contribution in [3.8, 4) is 0 Å². The quantitative estimate of drug-likeness (QED) is 0.352. The topological polar surface area (TPSA) is 77.6 Å². The first-order valence-corrected chi connectivity index (χ1v) is 4.22. The maximum atomic E-state index is 9.69. The molecule has 6 heteroatoms. The van der Waals surface area contributed by atoms with E-state index in [-0.39, 0.29) is 108 Å². The van der Waals surface area contributed by atoms with E-state index < -0.39 is 8.56 Å². The second-order valence-electron chi connectivity index (χ2n) is 1.40. The van der Waals surface area contributed by atoms with Gasteiger partial charge in [-0.3, -0.25) is 0 Å². The fraction of sp³-hybridized carbons (Fsp3) is 1.00. The summed E-state index contributed by atoms with van der Waals surface area (Å²) in [5.41, 5.74) is 0. The first-order valence-electron chi connectivity index (χ1n) is 1.41. The van der Waals surface area contributed by atoms with Gasteiger partial charge in [0.15, 0.2) is 0 Å². The van der Waals surface area contributed by atoms with Gasteiger partial charge in [-0.25, -0.2) is 0 Å². The Balaban J connectivity index is -0.0000000267. The molecule has 3 nitrogen and oxygen atoms in total. The van der Waals surface area contributed by atoms with Crippen LogP contribution in [0.25, 0.3) is 0 Å². The van der Waals surface area contributed by atoms with Crippen molar-refractivity contribution in [3.05, 3.63) is 0 Å². The number of hydrogen-bond acceptors (Lipinski definition) is 2. The molecule has 0 spiro atoms. The first-order chi connectivity index (χ1) is 2.00. The Bertz CT molecular complexity index is 30.8. The van der Waals surface area contributed by atoms with Crippen LogP contribution in [-0.4, -0.2) is 14.0 Å². The predicted molar refractivity (Wildman–Crippen MR) is 21.1 cm³/mol. The second-order valence-corrected chi connectivity index (χ2v) is 4.20. The summed E-state index contributed by atoms with van der Waals surface area (Å²) in [7, 11) is -3.11. The van der Waals surface area contributed by atoms with Gasteiger partial charge in [-0.2, -0.15) is 8.56 Å². The summed E-state index contributed by atoms with van der Waals surface area (Å²) in [6, 6.07) is 0. The molecule has 0 aromatic carbocycles. The van der Waals surface area contributed by atoms with E-state index in [1.807, 2.05) is 0 Å². The van der Waals surface area contributed by atoms with Crippen molar-refractivity contribution < 1.29 is 118 Å². The van der Waals surface area contributed by atoms with Crippen LogP contribution >= 0.6 is 0 Å². The zero-order valence-electron chi connectivity index (χ0n) is 5.82. The molecule has 8 heavy (non-hydrogen) atoms. The summed E-state index contributed by atoms with van der Waals surface area (Å²) in [5, 5.41) is 0. The molecule has 0 aromatic heterocycles.